The molecule has 104 valence electrons. The Labute approximate surface area is 116 Å². The van der Waals surface area contributed by atoms with Gasteiger partial charge in [-0.1, -0.05) is 13.0 Å². The van der Waals surface area contributed by atoms with Crippen LogP contribution >= 0.6 is 12.4 Å². The molecule has 1 unspecified atom stereocenters. The summed E-state index contributed by atoms with van der Waals surface area (Å²) in [7, 11) is 1.68. The smallest absolute Gasteiger partial charge is 0.124 e. The highest BCUT2D eigenvalue weighted by Crippen LogP contribution is 2.21. The van der Waals surface area contributed by atoms with Crippen LogP contribution in [0.1, 0.15) is 31.4 Å². The summed E-state index contributed by atoms with van der Waals surface area (Å²) in [6.45, 7) is 5.40. The first kappa shape index (κ1) is 17.2. The number of hydrogen-bond acceptors (Lipinski definition) is 3. The van der Waals surface area contributed by atoms with Gasteiger partial charge in [0.05, 0.1) is 13.7 Å². The Kier molecular flexibility index (Phi) is 8.81. The van der Waals surface area contributed by atoms with Crippen LogP contribution in [0, 0.1) is 0 Å². The van der Waals surface area contributed by atoms with Crippen molar-refractivity contribution >= 4 is 12.4 Å². The zero-order valence-electron chi connectivity index (χ0n) is 11.4. The van der Waals surface area contributed by atoms with Gasteiger partial charge in [-0.25, -0.2) is 0 Å². The third kappa shape index (κ3) is 5.25. The maximum Gasteiger partial charge on any atom is 0.124 e. The molecule has 0 aliphatic rings. The Hall–Kier alpha value is -0.770. The number of methoxy groups -OCH3 is 1. The molecule has 0 heterocycles. The zero-order valence-corrected chi connectivity index (χ0v) is 12.3. The number of halogens is 1. The molecule has 0 amide bonds. The lowest BCUT2D eigenvalue weighted by atomic mass is 10.0. The first-order valence-electron chi connectivity index (χ1n) is 6.20. The molecule has 2 N–H and O–H groups in total. The minimum Gasteiger partial charge on any atom is -0.496 e. The molecule has 0 saturated carbocycles. The van der Waals surface area contributed by atoms with Crippen molar-refractivity contribution in [3.05, 3.63) is 29.3 Å². The average Bonchev–Trinajstić information content (AvgIpc) is 2.36. The standard InChI is InChI=1S/C14H23NO2.ClH/c1-4-13(15)9-11-6-7-14(16-3)12(8-11)10-17-5-2;/h6-8,13H,4-5,9-10,15H2,1-3H3;1H. The molecule has 0 bridgehead atoms. The summed E-state index contributed by atoms with van der Waals surface area (Å²) >= 11 is 0. The summed E-state index contributed by atoms with van der Waals surface area (Å²) in [5, 5.41) is 0. The topological polar surface area (TPSA) is 44.5 Å². The van der Waals surface area contributed by atoms with Crippen LogP contribution in [0.5, 0.6) is 5.75 Å². The summed E-state index contributed by atoms with van der Waals surface area (Å²) < 4.78 is 10.8. The van der Waals surface area contributed by atoms with Gasteiger partial charge >= 0.3 is 0 Å². The lowest BCUT2D eigenvalue weighted by molar-refractivity contribution is 0.132. The van der Waals surface area contributed by atoms with E-state index in [4.69, 9.17) is 15.2 Å². The molecule has 0 aliphatic heterocycles. The van der Waals surface area contributed by atoms with Crippen molar-refractivity contribution in [1.82, 2.24) is 0 Å². The highest BCUT2D eigenvalue weighted by molar-refractivity contribution is 5.85. The van der Waals surface area contributed by atoms with Crippen molar-refractivity contribution in [2.45, 2.75) is 39.3 Å². The van der Waals surface area contributed by atoms with E-state index in [1.54, 1.807) is 7.11 Å². The van der Waals surface area contributed by atoms with Gasteiger partial charge in [-0.3, -0.25) is 0 Å². The third-order valence-corrected chi connectivity index (χ3v) is 2.83. The van der Waals surface area contributed by atoms with Gasteiger partial charge in [0.25, 0.3) is 0 Å². The number of rotatable bonds is 7. The SMILES string of the molecule is CCOCc1cc(CC(N)CC)ccc1OC.Cl. The predicted molar refractivity (Wildman–Crippen MR) is 77.5 cm³/mol. The van der Waals surface area contributed by atoms with E-state index >= 15 is 0 Å². The zero-order chi connectivity index (χ0) is 12.7. The van der Waals surface area contributed by atoms with Crippen molar-refractivity contribution in [2.24, 2.45) is 5.73 Å². The fourth-order valence-electron chi connectivity index (χ4n) is 1.73. The van der Waals surface area contributed by atoms with Crippen LogP contribution in [0.3, 0.4) is 0 Å². The van der Waals surface area contributed by atoms with E-state index in [9.17, 15) is 0 Å². The lowest BCUT2D eigenvalue weighted by Gasteiger charge is -2.13. The minimum absolute atomic E-state index is 0. The summed E-state index contributed by atoms with van der Waals surface area (Å²) in [4.78, 5) is 0. The summed E-state index contributed by atoms with van der Waals surface area (Å²) in [5.74, 6) is 0.882. The van der Waals surface area contributed by atoms with Crippen LogP contribution in [-0.4, -0.2) is 19.8 Å². The first-order valence-corrected chi connectivity index (χ1v) is 6.20. The molecule has 3 nitrogen and oxygen atoms in total. The molecule has 0 aliphatic carbocycles. The molecule has 0 spiro atoms. The first-order chi connectivity index (χ1) is 8.21. The normalized spacial score (nSPS) is 11.8. The largest absolute Gasteiger partial charge is 0.496 e. The molecular formula is C14H24ClNO2. The van der Waals surface area contributed by atoms with Crippen LogP contribution in [0.4, 0.5) is 0 Å². The molecule has 18 heavy (non-hydrogen) atoms. The van der Waals surface area contributed by atoms with Gasteiger partial charge < -0.3 is 15.2 Å². The summed E-state index contributed by atoms with van der Waals surface area (Å²) in [5.41, 5.74) is 8.30. The highest BCUT2D eigenvalue weighted by Gasteiger charge is 2.07. The molecule has 4 heteroatoms. The number of ether oxygens (including phenoxy) is 2. The van der Waals surface area contributed by atoms with Crippen molar-refractivity contribution in [1.29, 1.82) is 0 Å². The van der Waals surface area contributed by atoms with Crippen LogP contribution in [-0.2, 0) is 17.8 Å². The van der Waals surface area contributed by atoms with Crippen LogP contribution < -0.4 is 10.5 Å². The van der Waals surface area contributed by atoms with Gasteiger partial charge in [-0.2, -0.15) is 0 Å². The van der Waals surface area contributed by atoms with E-state index in [2.05, 4.69) is 19.1 Å². The Morgan fingerprint density at radius 1 is 1.28 bits per heavy atom. The Balaban J connectivity index is 0.00000289. The van der Waals surface area contributed by atoms with E-state index in [0.717, 1.165) is 24.2 Å². The van der Waals surface area contributed by atoms with E-state index < -0.39 is 0 Å². The van der Waals surface area contributed by atoms with E-state index in [0.29, 0.717) is 13.2 Å². The monoisotopic (exact) mass is 273 g/mol. The second-order valence-corrected chi connectivity index (χ2v) is 4.16. The van der Waals surface area contributed by atoms with Crippen molar-refractivity contribution in [3.8, 4) is 5.75 Å². The molecule has 1 atom stereocenters. The molecule has 0 fully saturated rings. The molecule has 0 aromatic heterocycles. The maximum atomic E-state index is 5.96. The van der Waals surface area contributed by atoms with E-state index in [1.165, 1.54) is 5.56 Å². The number of benzene rings is 1. The number of nitrogens with two attached hydrogens (primary N) is 1. The number of hydrogen-bond donors (Lipinski definition) is 1. The van der Waals surface area contributed by atoms with Crippen LogP contribution in [0.15, 0.2) is 18.2 Å². The third-order valence-electron chi connectivity index (χ3n) is 2.83. The van der Waals surface area contributed by atoms with Gasteiger partial charge in [0.2, 0.25) is 0 Å². The lowest BCUT2D eigenvalue weighted by Crippen LogP contribution is -2.21. The summed E-state index contributed by atoms with van der Waals surface area (Å²) in [6.07, 6.45) is 1.90. The van der Waals surface area contributed by atoms with Gasteiger partial charge in [-0.15, -0.1) is 12.4 Å². The van der Waals surface area contributed by atoms with Crippen LogP contribution in [0.2, 0.25) is 0 Å². The molecule has 1 rings (SSSR count). The van der Waals surface area contributed by atoms with Gasteiger partial charge in [-0.05, 0) is 37.5 Å². The quantitative estimate of drug-likeness (QED) is 0.831. The van der Waals surface area contributed by atoms with Crippen LogP contribution in [0.25, 0.3) is 0 Å². The molecular weight excluding hydrogens is 250 g/mol. The highest BCUT2D eigenvalue weighted by atomic mass is 35.5. The van der Waals surface area contributed by atoms with Crippen molar-refractivity contribution in [3.63, 3.8) is 0 Å². The second-order valence-electron chi connectivity index (χ2n) is 4.16. The van der Waals surface area contributed by atoms with Gasteiger partial charge in [0.15, 0.2) is 0 Å². The predicted octanol–water partition coefficient (Wildman–Crippen LogP) is 2.93. The van der Waals surface area contributed by atoms with Gasteiger partial charge in [0, 0.05) is 18.2 Å². The van der Waals surface area contributed by atoms with Gasteiger partial charge in [0.1, 0.15) is 5.75 Å². The van der Waals surface area contributed by atoms with Crippen molar-refractivity contribution in [2.75, 3.05) is 13.7 Å². The molecule has 1 aromatic rings. The molecule has 1 aromatic carbocycles. The Morgan fingerprint density at radius 3 is 2.56 bits per heavy atom. The Morgan fingerprint density at radius 2 is 2.00 bits per heavy atom. The molecule has 0 radical (unpaired) electrons. The fourth-order valence-corrected chi connectivity index (χ4v) is 1.73. The van der Waals surface area contributed by atoms with E-state index in [1.807, 2.05) is 13.0 Å². The fraction of sp³-hybridized carbons (Fsp3) is 0.571. The molecule has 0 saturated heterocycles. The second kappa shape index (κ2) is 9.20. The average molecular weight is 274 g/mol. The maximum absolute atomic E-state index is 5.96. The van der Waals surface area contributed by atoms with E-state index in [-0.39, 0.29) is 18.4 Å². The minimum atomic E-state index is 0. The Bertz CT molecular complexity index is 345. The van der Waals surface area contributed by atoms with Crippen molar-refractivity contribution < 1.29 is 9.47 Å². The summed E-state index contributed by atoms with van der Waals surface area (Å²) in [6, 6.07) is 6.42.